The Balaban J connectivity index is 2.15. The van der Waals surface area contributed by atoms with Crippen LogP contribution in [0.25, 0.3) is 0 Å². The quantitative estimate of drug-likeness (QED) is 0.423. The number of hydrogen-bond acceptors (Lipinski definition) is 4. The molecule has 6 nitrogen and oxygen atoms in total. The monoisotopic (exact) mass is 385 g/mol. The number of hydrogen-bond donors (Lipinski definition) is 2. The molecule has 0 spiro atoms. The van der Waals surface area contributed by atoms with E-state index in [0.717, 1.165) is 0 Å². The summed E-state index contributed by atoms with van der Waals surface area (Å²) in [7, 11) is 0. The first kappa shape index (κ1) is 18.3. The minimum Gasteiger partial charge on any atom is -0.494 e. The van der Waals surface area contributed by atoms with E-state index in [2.05, 4.69) is 10.6 Å². The van der Waals surface area contributed by atoms with Gasteiger partial charge >= 0.3 is 0 Å². The van der Waals surface area contributed by atoms with Gasteiger partial charge in [-0.05, 0) is 49.5 Å². The standard InChI is InChI=1S/C15H13Cl2N3O3S/c1-2-23-10-4-6-13(14(8-10)20(21)22)19-15(24)18-9-3-5-11(16)12(17)7-9/h3-8H,2H2,1H3,(H2,18,19,24). The summed E-state index contributed by atoms with van der Waals surface area (Å²) in [6, 6.07) is 9.41. The molecular formula is C15H13Cl2N3O3S. The fourth-order valence-electron chi connectivity index (χ4n) is 1.88. The average molecular weight is 386 g/mol. The Morgan fingerprint density at radius 1 is 1.21 bits per heavy atom. The molecule has 0 fully saturated rings. The number of thiocarbonyl (C=S) groups is 1. The van der Waals surface area contributed by atoms with Gasteiger partial charge in [0.05, 0.1) is 27.6 Å². The van der Waals surface area contributed by atoms with Gasteiger partial charge in [0.15, 0.2) is 5.11 Å². The summed E-state index contributed by atoms with van der Waals surface area (Å²) in [6.45, 7) is 2.22. The molecule has 0 saturated carbocycles. The third-order valence-electron chi connectivity index (χ3n) is 2.90. The second kappa shape index (κ2) is 8.14. The van der Waals surface area contributed by atoms with Crippen LogP contribution in [-0.2, 0) is 0 Å². The number of anilines is 2. The van der Waals surface area contributed by atoms with Gasteiger partial charge in [-0.2, -0.15) is 0 Å². The summed E-state index contributed by atoms with van der Waals surface area (Å²) >= 11 is 17.0. The van der Waals surface area contributed by atoms with Gasteiger partial charge in [0, 0.05) is 5.69 Å². The van der Waals surface area contributed by atoms with E-state index in [1.165, 1.54) is 12.1 Å². The van der Waals surface area contributed by atoms with Crippen molar-refractivity contribution in [1.82, 2.24) is 0 Å². The molecule has 24 heavy (non-hydrogen) atoms. The zero-order valence-electron chi connectivity index (χ0n) is 12.5. The van der Waals surface area contributed by atoms with Crippen LogP contribution in [0.15, 0.2) is 36.4 Å². The van der Waals surface area contributed by atoms with Crippen molar-refractivity contribution in [2.45, 2.75) is 6.92 Å². The predicted molar refractivity (Wildman–Crippen MR) is 101 cm³/mol. The lowest BCUT2D eigenvalue weighted by atomic mass is 10.2. The van der Waals surface area contributed by atoms with Gasteiger partial charge in [0.2, 0.25) is 0 Å². The topological polar surface area (TPSA) is 76.4 Å². The van der Waals surface area contributed by atoms with Crippen LogP contribution in [0.3, 0.4) is 0 Å². The van der Waals surface area contributed by atoms with E-state index in [1.54, 1.807) is 31.2 Å². The number of nitrogens with one attached hydrogen (secondary N) is 2. The van der Waals surface area contributed by atoms with Crippen molar-refractivity contribution in [2.24, 2.45) is 0 Å². The SMILES string of the molecule is CCOc1ccc(NC(=S)Nc2ccc(Cl)c(Cl)c2)c([N+](=O)[O-])c1. The Hall–Kier alpha value is -2.09. The largest absolute Gasteiger partial charge is 0.494 e. The molecule has 0 aromatic heterocycles. The summed E-state index contributed by atoms with van der Waals surface area (Å²) in [4.78, 5) is 10.7. The van der Waals surface area contributed by atoms with Crippen molar-refractivity contribution in [3.05, 3.63) is 56.6 Å². The third-order valence-corrected chi connectivity index (χ3v) is 3.85. The molecule has 0 amide bonds. The zero-order chi connectivity index (χ0) is 17.7. The van der Waals surface area contributed by atoms with Gasteiger partial charge in [-0.25, -0.2) is 0 Å². The Labute approximate surface area is 153 Å². The number of nitro groups is 1. The van der Waals surface area contributed by atoms with Crippen molar-refractivity contribution in [3.8, 4) is 5.75 Å². The number of nitrogens with zero attached hydrogens (tertiary/aromatic N) is 1. The predicted octanol–water partition coefficient (Wildman–Crippen LogP) is 5.11. The van der Waals surface area contributed by atoms with Crippen LogP contribution in [0.5, 0.6) is 5.75 Å². The average Bonchev–Trinajstić information content (AvgIpc) is 2.52. The molecular weight excluding hydrogens is 373 g/mol. The molecule has 0 heterocycles. The fraction of sp³-hybridized carbons (Fsp3) is 0.133. The summed E-state index contributed by atoms with van der Waals surface area (Å²) < 4.78 is 5.27. The van der Waals surface area contributed by atoms with Gasteiger partial charge in [-0.3, -0.25) is 10.1 Å². The number of nitro benzene ring substituents is 1. The molecule has 0 unspecified atom stereocenters. The van der Waals surface area contributed by atoms with E-state index in [0.29, 0.717) is 28.1 Å². The number of ether oxygens (including phenoxy) is 1. The molecule has 0 aliphatic carbocycles. The number of rotatable bonds is 5. The van der Waals surface area contributed by atoms with Crippen LogP contribution in [0.2, 0.25) is 10.0 Å². The van der Waals surface area contributed by atoms with E-state index in [-0.39, 0.29) is 16.5 Å². The summed E-state index contributed by atoms with van der Waals surface area (Å²) in [5.41, 5.74) is 0.718. The minimum atomic E-state index is -0.507. The third kappa shape index (κ3) is 4.70. The second-order valence-corrected chi connectivity index (χ2v) is 5.80. The van der Waals surface area contributed by atoms with Crippen molar-refractivity contribution in [2.75, 3.05) is 17.2 Å². The maximum atomic E-state index is 11.2. The highest BCUT2D eigenvalue weighted by Crippen LogP contribution is 2.30. The first-order chi connectivity index (χ1) is 11.4. The van der Waals surface area contributed by atoms with Gasteiger partial charge in [-0.1, -0.05) is 23.2 Å². The lowest BCUT2D eigenvalue weighted by Crippen LogP contribution is -2.19. The molecule has 0 saturated heterocycles. The summed E-state index contributed by atoms with van der Waals surface area (Å²) in [6.07, 6.45) is 0. The molecule has 2 N–H and O–H groups in total. The highest BCUT2D eigenvalue weighted by molar-refractivity contribution is 7.80. The van der Waals surface area contributed by atoms with Crippen LogP contribution in [0, 0.1) is 10.1 Å². The Bertz CT molecular complexity index is 787. The summed E-state index contributed by atoms with van der Waals surface area (Å²) in [5, 5.41) is 17.9. The maximum Gasteiger partial charge on any atom is 0.296 e. The fourth-order valence-corrected chi connectivity index (χ4v) is 2.41. The number of halogens is 2. The van der Waals surface area contributed by atoms with E-state index < -0.39 is 4.92 Å². The molecule has 0 bridgehead atoms. The molecule has 0 radical (unpaired) electrons. The lowest BCUT2D eigenvalue weighted by Gasteiger charge is -2.12. The molecule has 0 aliphatic rings. The Morgan fingerprint density at radius 2 is 1.96 bits per heavy atom. The Kier molecular flexibility index (Phi) is 6.19. The van der Waals surface area contributed by atoms with Crippen molar-refractivity contribution >= 4 is 57.6 Å². The normalized spacial score (nSPS) is 10.1. The van der Waals surface area contributed by atoms with Crippen LogP contribution in [0.4, 0.5) is 17.1 Å². The molecule has 2 aromatic carbocycles. The minimum absolute atomic E-state index is 0.140. The smallest absolute Gasteiger partial charge is 0.296 e. The molecule has 126 valence electrons. The van der Waals surface area contributed by atoms with Gasteiger partial charge in [0.1, 0.15) is 11.4 Å². The van der Waals surface area contributed by atoms with Crippen molar-refractivity contribution in [3.63, 3.8) is 0 Å². The molecule has 2 rings (SSSR count). The lowest BCUT2D eigenvalue weighted by molar-refractivity contribution is -0.384. The maximum absolute atomic E-state index is 11.2. The Morgan fingerprint density at radius 3 is 2.58 bits per heavy atom. The van der Waals surface area contributed by atoms with E-state index in [4.69, 9.17) is 40.2 Å². The van der Waals surface area contributed by atoms with Crippen LogP contribution >= 0.6 is 35.4 Å². The zero-order valence-corrected chi connectivity index (χ0v) is 14.8. The van der Waals surface area contributed by atoms with E-state index in [1.807, 2.05) is 0 Å². The van der Waals surface area contributed by atoms with Crippen LogP contribution in [0.1, 0.15) is 6.92 Å². The molecule has 2 aromatic rings. The molecule has 0 atom stereocenters. The van der Waals surface area contributed by atoms with Crippen molar-refractivity contribution in [1.29, 1.82) is 0 Å². The van der Waals surface area contributed by atoms with Crippen LogP contribution in [-0.4, -0.2) is 16.6 Å². The first-order valence-electron chi connectivity index (χ1n) is 6.85. The van der Waals surface area contributed by atoms with Crippen LogP contribution < -0.4 is 15.4 Å². The molecule has 9 heteroatoms. The van der Waals surface area contributed by atoms with Gasteiger partial charge in [-0.15, -0.1) is 0 Å². The molecule has 0 aliphatic heterocycles. The first-order valence-corrected chi connectivity index (χ1v) is 8.01. The van der Waals surface area contributed by atoms with Crippen molar-refractivity contribution < 1.29 is 9.66 Å². The van der Waals surface area contributed by atoms with Gasteiger partial charge < -0.3 is 15.4 Å². The van der Waals surface area contributed by atoms with E-state index >= 15 is 0 Å². The summed E-state index contributed by atoms with van der Waals surface area (Å²) in [5.74, 6) is 0.415. The number of benzene rings is 2. The highest BCUT2D eigenvalue weighted by Gasteiger charge is 2.16. The van der Waals surface area contributed by atoms with Gasteiger partial charge in [0.25, 0.3) is 5.69 Å². The highest BCUT2D eigenvalue weighted by atomic mass is 35.5. The van der Waals surface area contributed by atoms with E-state index in [9.17, 15) is 10.1 Å². The second-order valence-electron chi connectivity index (χ2n) is 4.58.